The zero-order chi connectivity index (χ0) is 23.4. The third kappa shape index (κ3) is 5.64. The molecule has 2 N–H and O–H groups in total. The fourth-order valence-corrected chi connectivity index (χ4v) is 3.99. The minimum atomic E-state index is -4.76. The second kappa shape index (κ2) is 9.53. The summed E-state index contributed by atoms with van der Waals surface area (Å²) in [6.45, 7) is 0.00189. The molecule has 33 heavy (non-hydrogen) atoms. The van der Waals surface area contributed by atoms with E-state index in [1.54, 1.807) is 24.3 Å². The van der Waals surface area contributed by atoms with Gasteiger partial charge in [0.25, 0.3) is 0 Å². The number of halogens is 3. The lowest BCUT2D eigenvalue weighted by atomic mass is 9.88. The Bertz CT molecular complexity index is 1120. The maximum Gasteiger partial charge on any atom is 0.573 e. The van der Waals surface area contributed by atoms with Gasteiger partial charge < -0.3 is 15.2 Å². The Hall–Kier alpha value is -3.53. The molecule has 0 saturated heterocycles. The number of aliphatic hydroxyl groups excluding tert-OH is 1. The molecule has 1 fully saturated rings. The second-order valence-corrected chi connectivity index (χ2v) is 7.75. The number of alkyl halides is 3. The third-order valence-electron chi connectivity index (χ3n) is 5.55. The summed E-state index contributed by atoms with van der Waals surface area (Å²) in [5, 5.41) is 12.4. The molecule has 0 spiro atoms. The van der Waals surface area contributed by atoms with Crippen LogP contribution in [0.5, 0.6) is 5.75 Å². The van der Waals surface area contributed by atoms with E-state index in [9.17, 15) is 23.1 Å². The maximum absolute atomic E-state index is 13.0. The van der Waals surface area contributed by atoms with Gasteiger partial charge in [0.05, 0.1) is 0 Å². The first-order chi connectivity index (χ1) is 15.8. The van der Waals surface area contributed by atoms with Gasteiger partial charge in [-0.25, -0.2) is 9.97 Å². The summed E-state index contributed by atoms with van der Waals surface area (Å²) < 4.78 is 40.8. The topological polar surface area (TPSA) is 97.2 Å². The van der Waals surface area contributed by atoms with Crippen LogP contribution in [0.2, 0.25) is 0 Å². The Morgan fingerprint density at radius 3 is 2.64 bits per heavy atom. The average molecular weight is 458 g/mol. The Labute approximate surface area is 187 Å². The van der Waals surface area contributed by atoms with E-state index < -0.39 is 6.36 Å². The molecular weight excluding hydrogens is 437 g/mol. The van der Waals surface area contributed by atoms with Crippen molar-refractivity contribution in [1.29, 1.82) is 0 Å². The zero-order valence-electron chi connectivity index (χ0n) is 17.4. The van der Waals surface area contributed by atoms with Gasteiger partial charge in [-0.05, 0) is 49.1 Å². The van der Waals surface area contributed by atoms with Crippen molar-refractivity contribution in [2.75, 3.05) is 11.9 Å². The van der Waals surface area contributed by atoms with Crippen molar-refractivity contribution in [2.24, 2.45) is 11.8 Å². The molecule has 1 heterocycles. The normalized spacial score (nSPS) is 18.2. The standard InChI is InChI=1S/C23H21F3N4O3/c24-23(25,26)33-18-9-7-17(8-10-18)29-22-28-13-27-21(30-22)15-4-1-3-14(11-15)20(32)19-6-2-5-16(19)12-31/h1,3-4,7-11,13,16,19,31H,2,5-6,12H2,(H,27,28,29,30)/t16-,19?/m1/s1. The molecule has 0 radical (unpaired) electrons. The summed E-state index contributed by atoms with van der Waals surface area (Å²) in [5.74, 6) is -0.00705. The molecule has 1 aliphatic rings. The van der Waals surface area contributed by atoms with Crippen LogP contribution in [0.25, 0.3) is 11.4 Å². The molecule has 1 unspecified atom stereocenters. The Balaban J connectivity index is 1.50. The Kier molecular flexibility index (Phi) is 6.55. The smallest absolute Gasteiger partial charge is 0.406 e. The van der Waals surface area contributed by atoms with Gasteiger partial charge in [-0.1, -0.05) is 24.6 Å². The number of aromatic nitrogens is 3. The molecule has 4 rings (SSSR count). The molecule has 10 heteroatoms. The van der Waals surface area contributed by atoms with Crippen molar-refractivity contribution in [2.45, 2.75) is 25.6 Å². The number of hydrogen-bond acceptors (Lipinski definition) is 7. The van der Waals surface area contributed by atoms with Gasteiger partial charge in [0.2, 0.25) is 5.95 Å². The molecule has 2 aromatic carbocycles. The number of hydrogen-bond donors (Lipinski definition) is 2. The highest BCUT2D eigenvalue weighted by molar-refractivity contribution is 5.99. The van der Waals surface area contributed by atoms with Crippen molar-refractivity contribution in [3.63, 3.8) is 0 Å². The van der Waals surface area contributed by atoms with E-state index in [4.69, 9.17) is 0 Å². The highest BCUT2D eigenvalue weighted by Crippen LogP contribution is 2.34. The van der Waals surface area contributed by atoms with E-state index in [-0.39, 0.29) is 35.9 Å². The highest BCUT2D eigenvalue weighted by Gasteiger charge is 2.33. The van der Waals surface area contributed by atoms with Gasteiger partial charge in [0, 0.05) is 29.3 Å². The van der Waals surface area contributed by atoms with Crippen molar-refractivity contribution >= 4 is 17.4 Å². The average Bonchev–Trinajstić information content (AvgIpc) is 3.28. The van der Waals surface area contributed by atoms with Crippen LogP contribution in [0.4, 0.5) is 24.8 Å². The minimum absolute atomic E-state index is 0.00182. The van der Waals surface area contributed by atoms with Crippen LogP contribution in [0, 0.1) is 11.8 Å². The fraction of sp³-hybridized carbons (Fsp3) is 0.304. The predicted octanol–water partition coefficient (Wildman–Crippen LogP) is 4.77. The van der Waals surface area contributed by atoms with Crippen LogP contribution in [0.3, 0.4) is 0 Å². The lowest BCUT2D eigenvalue weighted by Crippen LogP contribution is -2.21. The lowest BCUT2D eigenvalue weighted by molar-refractivity contribution is -0.274. The molecule has 3 aromatic rings. The van der Waals surface area contributed by atoms with Gasteiger partial charge in [-0.15, -0.1) is 13.2 Å². The van der Waals surface area contributed by atoms with Gasteiger partial charge >= 0.3 is 6.36 Å². The Morgan fingerprint density at radius 1 is 1.12 bits per heavy atom. The Morgan fingerprint density at radius 2 is 1.91 bits per heavy atom. The zero-order valence-corrected chi connectivity index (χ0v) is 17.4. The summed E-state index contributed by atoms with van der Waals surface area (Å²) in [4.78, 5) is 25.5. The number of Topliss-reactive ketones (excluding diaryl/α,β-unsaturated/α-hetero) is 1. The quantitative estimate of drug-likeness (QED) is 0.492. The number of aliphatic hydroxyl groups is 1. The SMILES string of the molecule is O=C(c1cccc(-c2ncnc(Nc3ccc(OC(F)(F)F)cc3)n2)c1)C1CCC[C@@H]1CO. The number of carbonyl (C=O) groups excluding carboxylic acids is 1. The number of carbonyl (C=O) groups is 1. The number of nitrogens with one attached hydrogen (secondary N) is 1. The number of anilines is 2. The van der Waals surface area contributed by atoms with Gasteiger partial charge in [-0.3, -0.25) is 4.79 Å². The molecule has 0 amide bonds. The summed E-state index contributed by atoms with van der Waals surface area (Å²) in [6, 6.07) is 12.2. The first-order valence-electron chi connectivity index (χ1n) is 10.4. The van der Waals surface area contributed by atoms with Gasteiger partial charge in [0.15, 0.2) is 11.6 Å². The first kappa shape index (κ1) is 22.7. The molecule has 1 aliphatic carbocycles. The fourth-order valence-electron chi connectivity index (χ4n) is 3.99. The highest BCUT2D eigenvalue weighted by atomic mass is 19.4. The lowest BCUT2D eigenvalue weighted by Gasteiger charge is -2.16. The molecular formula is C23H21F3N4O3. The molecule has 1 saturated carbocycles. The number of nitrogens with zero attached hydrogens (tertiary/aromatic N) is 3. The van der Waals surface area contributed by atoms with Crippen LogP contribution in [-0.4, -0.2) is 38.8 Å². The predicted molar refractivity (Wildman–Crippen MR) is 114 cm³/mol. The minimum Gasteiger partial charge on any atom is -0.406 e. The van der Waals surface area contributed by atoms with Crippen LogP contribution >= 0.6 is 0 Å². The van der Waals surface area contributed by atoms with Crippen LogP contribution in [0.15, 0.2) is 54.9 Å². The number of ketones is 1. The first-order valence-corrected chi connectivity index (χ1v) is 10.4. The summed E-state index contributed by atoms with van der Waals surface area (Å²) in [7, 11) is 0. The van der Waals surface area contributed by atoms with E-state index in [2.05, 4.69) is 25.0 Å². The maximum atomic E-state index is 13.0. The van der Waals surface area contributed by atoms with E-state index in [1.807, 2.05) is 0 Å². The van der Waals surface area contributed by atoms with Crippen LogP contribution in [-0.2, 0) is 0 Å². The third-order valence-corrected chi connectivity index (χ3v) is 5.55. The van der Waals surface area contributed by atoms with Crippen molar-refractivity contribution in [3.8, 4) is 17.1 Å². The monoisotopic (exact) mass is 458 g/mol. The van der Waals surface area contributed by atoms with E-state index in [1.165, 1.54) is 30.6 Å². The second-order valence-electron chi connectivity index (χ2n) is 7.75. The summed E-state index contributed by atoms with van der Waals surface area (Å²) in [6.07, 6.45) is -0.920. The van der Waals surface area contributed by atoms with E-state index >= 15 is 0 Å². The molecule has 0 aliphatic heterocycles. The van der Waals surface area contributed by atoms with E-state index in [0.29, 0.717) is 22.6 Å². The van der Waals surface area contributed by atoms with Gasteiger partial charge in [-0.2, -0.15) is 4.98 Å². The number of benzene rings is 2. The van der Waals surface area contributed by atoms with Gasteiger partial charge in [0.1, 0.15) is 12.1 Å². The number of ether oxygens (including phenoxy) is 1. The van der Waals surface area contributed by atoms with Crippen LogP contribution < -0.4 is 10.1 Å². The van der Waals surface area contributed by atoms with E-state index in [0.717, 1.165) is 19.3 Å². The molecule has 7 nitrogen and oxygen atoms in total. The van der Waals surface area contributed by atoms with Crippen molar-refractivity contribution in [1.82, 2.24) is 15.0 Å². The van der Waals surface area contributed by atoms with Crippen LogP contribution in [0.1, 0.15) is 29.6 Å². The molecule has 0 bridgehead atoms. The van der Waals surface area contributed by atoms with Crippen molar-refractivity contribution < 1.29 is 27.8 Å². The summed E-state index contributed by atoms with van der Waals surface area (Å²) >= 11 is 0. The largest absolute Gasteiger partial charge is 0.573 e. The molecule has 172 valence electrons. The molecule has 1 aromatic heterocycles. The summed E-state index contributed by atoms with van der Waals surface area (Å²) in [5.41, 5.74) is 1.62. The molecule has 2 atom stereocenters. The number of rotatable bonds is 7. The van der Waals surface area contributed by atoms with Crippen molar-refractivity contribution in [3.05, 3.63) is 60.4 Å².